The van der Waals surface area contributed by atoms with Crippen molar-refractivity contribution >= 4 is 16.9 Å². The minimum atomic E-state index is -4.72. The van der Waals surface area contributed by atoms with Crippen LogP contribution in [0.5, 0.6) is 11.5 Å². The van der Waals surface area contributed by atoms with Crippen molar-refractivity contribution in [1.82, 2.24) is 24.7 Å². The second-order valence-corrected chi connectivity index (χ2v) is 10.0. The maximum absolute atomic E-state index is 12.7. The van der Waals surface area contributed by atoms with Gasteiger partial charge in [-0.15, -0.1) is 13.2 Å². The predicted octanol–water partition coefficient (Wildman–Crippen LogP) is 4.87. The van der Waals surface area contributed by atoms with E-state index in [-0.39, 0.29) is 18.3 Å². The van der Waals surface area contributed by atoms with Gasteiger partial charge in [0.25, 0.3) is 5.91 Å². The van der Waals surface area contributed by atoms with E-state index in [1.807, 2.05) is 34.9 Å². The molecule has 1 N–H and O–H groups in total. The van der Waals surface area contributed by atoms with Crippen LogP contribution in [0.3, 0.4) is 0 Å². The van der Waals surface area contributed by atoms with E-state index in [1.165, 1.54) is 24.3 Å². The van der Waals surface area contributed by atoms with Crippen LogP contribution in [0.1, 0.15) is 22.3 Å². The molecule has 1 aromatic heterocycles. The smallest absolute Gasteiger partial charge is 0.489 e. The SMILES string of the molecule is CN1CCN(CCCNC(=O)c2ccc3c(c2)ncn3-c2ccc(OCc3ccc(OC(F)(F)F)cc3)cc2)CC1. The van der Waals surface area contributed by atoms with Crippen molar-refractivity contribution in [3.05, 3.63) is 84.2 Å². The number of nitrogens with zero attached hydrogens (tertiary/aromatic N) is 4. The molecule has 0 spiro atoms. The Hall–Kier alpha value is -4.09. The third kappa shape index (κ3) is 7.77. The number of imidazole rings is 1. The molecule has 0 atom stereocenters. The number of rotatable bonds is 10. The van der Waals surface area contributed by atoms with Gasteiger partial charge in [0.2, 0.25) is 0 Å². The number of carbonyl (C=O) groups excluding carboxylic acids is 1. The van der Waals surface area contributed by atoms with Crippen molar-refractivity contribution in [2.75, 3.05) is 46.3 Å². The van der Waals surface area contributed by atoms with E-state index in [0.29, 0.717) is 28.9 Å². The third-order valence-electron chi connectivity index (χ3n) is 7.02. The molecule has 8 nitrogen and oxygen atoms in total. The molecule has 41 heavy (non-hydrogen) atoms. The Labute approximate surface area is 236 Å². The highest BCUT2D eigenvalue weighted by molar-refractivity contribution is 5.97. The Morgan fingerprint density at radius 3 is 2.37 bits per heavy atom. The molecular weight excluding hydrogens is 535 g/mol. The van der Waals surface area contributed by atoms with Crippen LogP contribution in [0.25, 0.3) is 16.7 Å². The van der Waals surface area contributed by atoms with Crippen molar-refractivity contribution in [1.29, 1.82) is 0 Å². The zero-order valence-corrected chi connectivity index (χ0v) is 22.7. The van der Waals surface area contributed by atoms with Gasteiger partial charge >= 0.3 is 6.36 Å². The van der Waals surface area contributed by atoms with Crippen LogP contribution in [0.2, 0.25) is 0 Å². The molecule has 0 bridgehead atoms. The molecule has 1 fully saturated rings. The molecule has 1 aliphatic rings. The predicted molar refractivity (Wildman–Crippen MR) is 149 cm³/mol. The number of ether oxygens (including phenoxy) is 2. The molecule has 1 amide bonds. The Bertz CT molecular complexity index is 1450. The van der Waals surface area contributed by atoms with Crippen LogP contribution in [-0.4, -0.2) is 77.9 Å². The van der Waals surface area contributed by atoms with Crippen LogP contribution < -0.4 is 14.8 Å². The normalized spacial score (nSPS) is 14.7. The Balaban J connectivity index is 1.13. The standard InChI is InChI=1S/C30H32F3N5O3/c1-36-15-17-37(18-16-36)14-2-13-34-29(39)23-5-12-28-27(19-23)35-21-38(28)24-6-10-25(11-7-24)40-20-22-3-8-26(9-4-22)41-30(31,32)33/h3-12,19,21H,2,13-18,20H2,1H3,(H,34,39). The topological polar surface area (TPSA) is 71.9 Å². The third-order valence-corrected chi connectivity index (χ3v) is 7.02. The summed E-state index contributed by atoms with van der Waals surface area (Å²) >= 11 is 0. The van der Waals surface area contributed by atoms with E-state index >= 15 is 0 Å². The van der Waals surface area contributed by atoms with Gasteiger partial charge in [-0.25, -0.2) is 4.98 Å². The summed E-state index contributed by atoms with van der Waals surface area (Å²) in [5.74, 6) is 0.229. The molecule has 0 radical (unpaired) electrons. The number of alkyl halides is 3. The van der Waals surface area contributed by atoms with Crippen LogP contribution >= 0.6 is 0 Å². The number of hydrogen-bond acceptors (Lipinski definition) is 6. The van der Waals surface area contributed by atoms with Gasteiger partial charge in [0.1, 0.15) is 24.4 Å². The quantitative estimate of drug-likeness (QED) is 0.276. The fraction of sp³-hybridized carbons (Fsp3) is 0.333. The van der Waals surface area contributed by atoms with Crippen molar-refractivity contribution in [2.24, 2.45) is 0 Å². The number of benzene rings is 3. The summed E-state index contributed by atoms with van der Waals surface area (Å²) in [6, 6.07) is 18.4. The molecule has 216 valence electrons. The fourth-order valence-electron chi connectivity index (χ4n) is 4.69. The van der Waals surface area contributed by atoms with Gasteiger partial charge < -0.3 is 24.6 Å². The largest absolute Gasteiger partial charge is 0.573 e. The summed E-state index contributed by atoms with van der Waals surface area (Å²) in [4.78, 5) is 22.0. The number of fused-ring (bicyclic) bond motifs is 1. The van der Waals surface area contributed by atoms with E-state index in [1.54, 1.807) is 18.5 Å². The Morgan fingerprint density at radius 1 is 0.951 bits per heavy atom. The second-order valence-electron chi connectivity index (χ2n) is 10.0. The number of hydrogen-bond donors (Lipinski definition) is 1. The van der Waals surface area contributed by atoms with Crippen molar-refractivity contribution in [2.45, 2.75) is 19.4 Å². The molecule has 2 heterocycles. The number of amides is 1. The molecule has 0 aliphatic carbocycles. The van der Waals surface area contributed by atoms with E-state index in [4.69, 9.17) is 4.74 Å². The maximum atomic E-state index is 12.7. The van der Waals surface area contributed by atoms with Gasteiger partial charge in [-0.2, -0.15) is 0 Å². The minimum Gasteiger partial charge on any atom is -0.489 e. The number of piperazine rings is 1. The average molecular weight is 568 g/mol. The molecule has 0 unspecified atom stereocenters. The van der Waals surface area contributed by atoms with E-state index in [2.05, 4.69) is 31.9 Å². The van der Waals surface area contributed by atoms with Gasteiger partial charge in [0, 0.05) is 44.0 Å². The summed E-state index contributed by atoms with van der Waals surface area (Å²) in [6.45, 7) is 6.12. The fourth-order valence-corrected chi connectivity index (χ4v) is 4.69. The first-order valence-corrected chi connectivity index (χ1v) is 13.5. The number of carbonyl (C=O) groups is 1. The molecular formula is C30H32F3N5O3. The van der Waals surface area contributed by atoms with Crippen LogP contribution in [0.15, 0.2) is 73.1 Å². The highest BCUT2D eigenvalue weighted by Gasteiger charge is 2.31. The zero-order valence-electron chi connectivity index (χ0n) is 22.7. The number of nitrogens with one attached hydrogen (secondary N) is 1. The molecule has 4 aromatic rings. The lowest BCUT2D eigenvalue weighted by Gasteiger charge is -2.32. The lowest BCUT2D eigenvalue weighted by Crippen LogP contribution is -2.45. The van der Waals surface area contributed by atoms with E-state index < -0.39 is 6.36 Å². The summed E-state index contributed by atoms with van der Waals surface area (Å²) in [5.41, 5.74) is 3.73. The van der Waals surface area contributed by atoms with E-state index in [9.17, 15) is 18.0 Å². The highest BCUT2D eigenvalue weighted by Crippen LogP contribution is 2.24. The summed E-state index contributed by atoms with van der Waals surface area (Å²) in [7, 11) is 2.14. The first-order chi connectivity index (χ1) is 19.7. The summed E-state index contributed by atoms with van der Waals surface area (Å²) < 4.78 is 48.6. The van der Waals surface area contributed by atoms with Gasteiger partial charge in [-0.05, 0) is 80.2 Å². The van der Waals surface area contributed by atoms with Crippen molar-refractivity contribution < 1.29 is 27.4 Å². The molecule has 11 heteroatoms. The summed E-state index contributed by atoms with van der Waals surface area (Å²) in [5, 5.41) is 3.02. The number of likely N-dealkylation sites (N-methyl/N-ethyl adjacent to an activating group) is 1. The van der Waals surface area contributed by atoms with Gasteiger partial charge in [0.05, 0.1) is 11.0 Å². The number of aromatic nitrogens is 2. The monoisotopic (exact) mass is 567 g/mol. The first-order valence-electron chi connectivity index (χ1n) is 13.5. The first kappa shape index (κ1) is 28.4. The van der Waals surface area contributed by atoms with E-state index in [0.717, 1.165) is 50.3 Å². The molecule has 3 aromatic carbocycles. The summed E-state index contributed by atoms with van der Waals surface area (Å²) in [6.07, 6.45) is -2.10. The minimum absolute atomic E-state index is 0.108. The van der Waals surface area contributed by atoms with Crippen molar-refractivity contribution in [3.8, 4) is 17.2 Å². The molecule has 0 saturated carbocycles. The maximum Gasteiger partial charge on any atom is 0.573 e. The highest BCUT2D eigenvalue weighted by atomic mass is 19.4. The Kier molecular flexibility index (Phi) is 8.75. The number of halogens is 3. The second kappa shape index (κ2) is 12.6. The Morgan fingerprint density at radius 2 is 1.66 bits per heavy atom. The zero-order chi connectivity index (χ0) is 28.8. The average Bonchev–Trinajstić information content (AvgIpc) is 3.39. The van der Waals surface area contributed by atoms with Gasteiger partial charge in [-0.1, -0.05) is 12.1 Å². The van der Waals surface area contributed by atoms with Crippen LogP contribution in [0.4, 0.5) is 13.2 Å². The van der Waals surface area contributed by atoms with Crippen molar-refractivity contribution in [3.63, 3.8) is 0 Å². The van der Waals surface area contributed by atoms with Gasteiger partial charge in [0.15, 0.2) is 0 Å². The van der Waals surface area contributed by atoms with Crippen LogP contribution in [0, 0.1) is 0 Å². The van der Waals surface area contributed by atoms with Gasteiger partial charge in [-0.3, -0.25) is 9.36 Å². The molecule has 1 aliphatic heterocycles. The lowest BCUT2D eigenvalue weighted by molar-refractivity contribution is -0.274. The van der Waals surface area contributed by atoms with Crippen LogP contribution in [-0.2, 0) is 6.61 Å². The molecule has 1 saturated heterocycles. The molecule has 5 rings (SSSR count). The lowest BCUT2D eigenvalue weighted by atomic mass is 10.2.